The number of benzene rings is 2. The van der Waals surface area contributed by atoms with Gasteiger partial charge >= 0.3 is 0 Å². The van der Waals surface area contributed by atoms with Gasteiger partial charge in [-0.2, -0.15) is 0 Å². The van der Waals surface area contributed by atoms with Crippen LogP contribution in [0.5, 0.6) is 5.75 Å². The van der Waals surface area contributed by atoms with Gasteiger partial charge in [0, 0.05) is 16.9 Å². The number of aryl methyl sites for hydroxylation is 2. The third-order valence-electron chi connectivity index (χ3n) is 4.55. The fourth-order valence-electron chi connectivity index (χ4n) is 3.14. The second-order valence-corrected chi connectivity index (χ2v) is 7.96. The molecule has 150 valence electrons. The number of rotatable bonds is 8. The van der Waals surface area contributed by atoms with Crippen molar-refractivity contribution < 1.29 is 14.3 Å². The normalized spacial score (nSPS) is 10.6. The zero-order valence-corrected chi connectivity index (χ0v) is 17.3. The molecule has 0 spiro atoms. The molecule has 0 aliphatic heterocycles. The number of hydrogen-bond acceptors (Lipinski definition) is 4. The number of hydrogen-bond donors (Lipinski definition) is 2. The Morgan fingerprint density at radius 1 is 1.03 bits per heavy atom. The van der Waals surface area contributed by atoms with Crippen molar-refractivity contribution in [1.29, 1.82) is 0 Å². The van der Waals surface area contributed by atoms with Crippen LogP contribution in [0.25, 0.3) is 11.1 Å². The molecule has 1 aromatic heterocycles. The van der Waals surface area contributed by atoms with Crippen molar-refractivity contribution >= 4 is 28.2 Å². The van der Waals surface area contributed by atoms with Crippen molar-refractivity contribution in [2.75, 3.05) is 11.9 Å². The number of carbonyl (C=O) groups is 2. The standard InChI is InChI=1S/C23H24N2O3S/c1-15-9-6-7-12-18(15)28-14-8-13-19(26)25-23-21(22(24)27)20(16(2)29-23)17-10-4-3-5-11-17/h3-7,9-12H,8,13-14H2,1-2H3,(H2,24,27)(H,25,26). The van der Waals surface area contributed by atoms with Crippen molar-refractivity contribution in [3.05, 3.63) is 70.6 Å². The van der Waals surface area contributed by atoms with Gasteiger partial charge in [-0.1, -0.05) is 48.5 Å². The lowest BCUT2D eigenvalue weighted by molar-refractivity contribution is -0.116. The zero-order chi connectivity index (χ0) is 20.8. The minimum Gasteiger partial charge on any atom is -0.493 e. The molecule has 1 heterocycles. The highest BCUT2D eigenvalue weighted by atomic mass is 32.1. The quantitative estimate of drug-likeness (QED) is 0.519. The maximum absolute atomic E-state index is 12.4. The van der Waals surface area contributed by atoms with Gasteiger partial charge in [-0.3, -0.25) is 9.59 Å². The van der Waals surface area contributed by atoms with E-state index in [0.29, 0.717) is 30.0 Å². The van der Waals surface area contributed by atoms with E-state index in [1.807, 2.05) is 68.4 Å². The molecule has 2 aromatic carbocycles. The van der Waals surface area contributed by atoms with E-state index in [1.165, 1.54) is 11.3 Å². The first-order valence-electron chi connectivity index (χ1n) is 9.44. The topological polar surface area (TPSA) is 81.4 Å². The van der Waals surface area contributed by atoms with E-state index in [9.17, 15) is 9.59 Å². The number of carbonyl (C=O) groups excluding carboxylic acids is 2. The third kappa shape index (κ3) is 5.03. The van der Waals surface area contributed by atoms with Crippen LogP contribution in [0.15, 0.2) is 54.6 Å². The number of nitrogens with one attached hydrogen (secondary N) is 1. The van der Waals surface area contributed by atoms with E-state index in [1.54, 1.807) is 0 Å². The average molecular weight is 409 g/mol. The molecule has 0 atom stereocenters. The van der Waals surface area contributed by atoms with Crippen molar-refractivity contribution in [3.8, 4) is 16.9 Å². The van der Waals surface area contributed by atoms with Crippen LogP contribution in [0.1, 0.15) is 33.6 Å². The highest BCUT2D eigenvalue weighted by Gasteiger charge is 2.22. The Kier molecular flexibility index (Phi) is 6.67. The van der Waals surface area contributed by atoms with E-state index in [4.69, 9.17) is 10.5 Å². The summed E-state index contributed by atoms with van der Waals surface area (Å²) in [5.41, 5.74) is 8.75. The van der Waals surface area contributed by atoms with Gasteiger partial charge in [-0.15, -0.1) is 11.3 Å². The molecule has 0 bridgehead atoms. The Morgan fingerprint density at radius 2 is 1.72 bits per heavy atom. The monoisotopic (exact) mass is 408 g/mol. The molecule has 0 saturated carbocycles. The smallest absolute Gasteiger partial charge is 0.252 e. The molecule has 0 saturated heterocycles. The maximum Gasteiger partial charge on any atom is 0.252 e. The van der Waals surface area contributed by atoms with Crippen LogP contribution in [0.4, 0.5) is 5.00 Å². The van der Waals surface area contributed by atoms with Crippen LogP contribution in [-0.2, 0) is 4.79 Å². The average Bonchev–Trinajstić information content (AvgIpc) is 3.03. The van der Waals surface area contributed by atoms with E-state index in [-0.39, 0.29) is 5.91 Å². The molecular formula is C23H24N2O3S. The molecule has 3 rings (SSSR count). The summed E-state index contributed by atoms with van der Waals surface area (Å²) in [6.07, 6.45) is 0.865. The van der Waals surface area contributed by atoms with Crippen molar-refractivity contribution in [3.63, 3.8) is 0 Å². The van der Waals surface area contributed by atoms with Crippen LogP contribution in [0.3, 0.4) is 0 Å². The molecule has 0 aliphatic carbocycles. The molecule has 5 nitrogen and oxygen atoms in total. The lowest BCUT2D eigenvalue weighted by Crippen LogP contribution is -2.17. The van der Waals surface area contributed by atoms with Gasteiger partial charge in [0.05, 0.1) is 12.2 Å². The van der Waals surface area contributed by atoms with E-state index < -0.39 is 5.91 Å². The van der Waals surface area contributed by atoms with Crippen LogP contribution < -0.4 is 15.8 Å². The van der Waals surface area contributed by atoms with Crippen LogP contribution in [0, 0.1) is 13.8 Å². The fourth-order valence-corrected chi connectivity index (χ4v) is 4.24. The largest absolute Gasteiger partial charge is 0.493 e. The summed E-state index contributed by atoms with van der Waals surface area (Å²) in [5, 5.41) is 3.35. The lowest BCUT2D eigenvalue weighted by Gasteiger charge is -2.09. The SMILES string of the molecule is Cc1ccccc1OCCCC(=O)Nc1sc(C)c(-c2ccccc2)c1C(N)=O. The lowest BCUT2D eigenvalue weighted by atomic mass is 10.0. The van der Waals surface area contributed by atoms with Crippen molar-refractivity contribution in [2.45, 2.75) is 26.7 Å². The molecule has 0 fully saturated rings. The minimum atomic E-state index is -0.550. The van der Waals surface area contributed by atoms with Crippen LogP contribution in [-0.4, -0.2) is 18.4 Å². The Balaban J connectivity index is 1.64. The summed E-state index contributed by atoms with van der Waals surface area (Å²) in [4.78, 5) is 25.5. The second-order valence-electron chi connectivity index (χ2n) is 6.73. The molecule has 29 heavy (non-hydrogen) atoms. The Hall–Kier alpha value is -3.12. The Labute approximate surface area is 174 Å². The number of ether oxygens (including phenoxy) is 1. The summed E-state index contributed by atoms with van der Waals surface area (Å²) in [6, 6.07) is 17.4. The number of primary amides is 1. The molecule has 0 radical (unpaired) electrons. The number of amides is 2. The summed E-state index contributed by atoms with van der Waals surface area (Å²) in [6.45, 7) is 4.35. The summed E-state index contributed by atoms with van der Waals surface area (Å²) < 4.78 is 5.73. The van der Waals surface area contributed by atoms with Crippen LogP contribution in [0.2, 0.25) is 0 Å². The summed E-state index contributed by atoms with van der Waals surface area (Å²) in [5.74, 6) is 0.110. The molecule has 2 amide bonds. The van der Waals surface area contributed by atoms with Crippen molar-refractivity contribution in [2.24, 2.45) is 5.73 Å². The van der Waals surface area contributed by atoms with E-state index >= 15 is 0 Å². The first-order valence-corrected chi connectivity index (χ1v) is 10.3. The molecule has 6 heteroatoms. The highest BCUT2D eigenvalue weighted by Crippen LogP contribution is 2.39. The van der Waals surface area contributed by atoms with Crippen LogP contribution >= 0.6 is 11.3 Å². The van der Waals surface area contributed by atoms with Gasteiger partial charge < -0.3 is 15.8 Å². The third-order valence-corrected chi connectivity index (χ3v) is 5.57. The van der Waals surface area contributed by atoms with Crippen molar-refractivity contribution in [1.82, 2.24) is 0 Å². The number of nitrogens with two attached hydrogens (primary N) is 1. The summed E-state index contributed by atoms with van der Waals surface area (Å²) >= 11 is 1.37. The molecule has 3 aromatic rings. The molecular weight excluding hydrogens is 384 g/mol. The van der Waals surface area contributed by atoms with Gasteiger partial charge in [-0.05, 0) is 37.5 Å². The number of para-hydroxylation sites is 1. The predicted octanol–water partition coefficient (Wildman–Crippen LogP) is 4.93. The minimum absolute atomic E-state index is 0.165. The highest BCUT2D eigenvalue weighted by molar-refractivity contribution is 7.17. The number of thiophene rings is 1. The first kappa shape index (κ1) is 20.6. The van der Waals surface area contributed by atoms with Gasteiger partial charge in [0.25, 0.3) is 5.91 Å². The number of anilines is 1. The van der Waals surface area contributed by atoms with E-state index in [0.717, 1.165) is 27.3 Å². The van der Waals surface area contributed by atoms with Gasteiger partial charge in [0.1, 0.15) is 10.8 Å². The maximum atomic E-state index is 12.4. The van der Waals surface area contributed by atoms with E-state index in [2.05, 4.69) is 5.32 Å². The molecule has 0 unspecified atom stereocenters. The molecule has 0 aliphatic rings. The zero-order valence-electron chi connectivity index (χ0n) is 16.5. The summed E-state index contributed by atoms with van der Waals surface area (Å²) in [7, 11) is 0. The van der Waals surface area contributed by atoms with Gasteiger partial charge in [-0.25, -0.2) is 0 Å². The first-order chi connectivity index (χ1) is 14.0. The predicted molar refractivity (Wildman–Crippen MR) is 118 cm³/mol. The molecule has 3 N–H and O–H groups in total. The Bertz CT molecular complexity index is 1010. The van der Waals surface area contributed by atoms with Gasteiger partial charge in [0.15, 0.2) is 0 Å². The Morgan fingerprint density at radius 3 is 2.41 bits per heavy atom. The fraction of sp³-hybridized carbons (Fsp3) is 0.217. The second kappa shape index (κ2) is 9.39. The van der Waals surface area contributed by atoms with Gasteiger partial charge in [0.2, 0.25) is 5.91 Å².